The second-order valence-corrected chi connectivity index (χ2v) is 7.98. The molecule has 8 heteroatoms. The molecule has 0 radical (unpaired) electrons. The number of hydrogen-bond donors (Lipinski definition) is 0. The summed E-state index contributed by atoms with van der Waals surface area (Å²) in [6, 6.07) is 10.1. The predicted octanol–water partition coefficient (Wildman–Crippen LogP) is 3.72. The first-order valence-electron chi connectivity index (χ1n) is 7.88. The van der Waals surface area contributed by atoms with Gasteiger partial charge in [-0.05, 0) is 49.4 Å². The molecule has 0 aliphatic carbocycles. The van der Waals surface area contributed by atoms with Crippen LogP contribution in [0.25, 0.3) is 10.2 Å². The van der Waals surface area contributed by atoms with Crippen molar-refractivity contribution >= 4 is 31.6 Å². The van der Waals surface area contributed by atoms with E-state index in [-0.39, 0.29) is 4.90 Å². The second-order valence-electron chi connectivity index (χ2n) is 5.37. The van der Waals surface area contributed by atoms with Gasteiger partial charge in [-0.25, -0.2) is 4.39 Å². The maximum absolute atomic E-state index is 13.1. The molecule has 0 aliphatic heterocycles. The monoisotopic (exact) mass is 392 g/mol. The standard InChI is InChI=1S/C18H17FN2O3S2/c1-3-11-21-16-10-7-14(24-4-2)12-17(16)25-18(21)20-26(22,23)15-8-5-13(19)6-9-15/h3,5-10,12H,1,4,11H2,2H3/b20-18-. The summed E-state index contributed by atoms with van der Waals surface area (Å²) in [5, 5.41) is 0. The Morgan fingerprint density at radius 2 is 2.00 bits per heavy atom. The van der Waals surface area contributed by atoms with E-state index < -0.39 is 15.8 Å². The number of rotatable bonds is 6. The Bertz CT molecular complexity index is 1110. The molecule has 0 unspecified atom stereocenters. The van der Waals surface area contributed by atoms with Crippen molar-refractivity contribution in [3.8, 4) is 5.75 Å². The predicted molar refractivity (Wildman–Crippen MR) is 100 cm³/mol. The molecule has 0 saturated carbocycles. The fourth-order valence-corrected chi connectivity index (χ4v) is 4.72. The van der Waals surface area contributed by atoms with Gasteiger partial charge in [0.2, 0.25) is 4.80 Å². The lowest BCUT2D eigenvalue weighted by Gasteiger charge is -2.04. The molecule has 0 atom stereocenters. The number of nitrogens with zero attached hydrogens (tertiary/aromatic N) is 2. The first kappa shape index (κ1) is 18.3. The minimum Gasteiger partial charge on any atom is -0.494 e. The van der Waals surface area contributed by atoms with E-state index in [4.69, 9.17) is 4.74 Å². The molecule has 3 rings (SSSR count). The lowest BCUT2D eigenvalue weighted by molar-refractivity contribution is 0.341. The fourth-order valence-electron chi connectivity index (χ4n) is 2.45. The lowest BCUT2D eigenvalue weighted by Crippen LogP contribution is -2.16. The molecule has 0 fully saturated rings. The van der Waals surface area contributed by atoms with E-state index in [0.717, 1.165) is 22.3 Å². The summed E-state index contributed by atoms with van der Waals surface area (Å²) in [5.74, 6) is 0.205. The maximum Gasteiger partial charge on any atom is 0.285 e. The molecule has 0 bridgehead atoms. The van der Waals surface area contributed by atoms with Crippen LogP contribution in [0.3, 0.4) is 0 Å². The van der Waals surface area contributed by atoms with Crippen LogP contribution in [0.1, 0.15) is 6.92 Å². The average Bonchev–Trinajstić information content (AvgIpc) is 2.92. The van der Waals surface area contributed by atoms with Crippen molar-refractivity contribution in [1.82, 2.24) is 4.57 Å². The molecule has 1 heterocycles. The Labute approximate surface area is 154 Å². The van der Waals surface area contributed by atoms with Crippen LogP contribution in [0, 0.1) is 5.82 Å². The van der Waals surface area contributed by atoms with Crippen LogP contribution in [-0.4, -0.2) is 19.6 Å². The molecule has 5 nitrogen and oxygen atoms in total. The zero-order valence-corrected chi connectivity index (χ0v) is 15.7. The minimum absolute atomic E-state index is 0.0588. The van der Waals surface area contributed by atoms with Gasteiger partial charge < -0.3 is 9.30 Å². The fraction of sp³-hybridized carbons (Fsp3) is 0.167. The van der Waals surface area contributed by atoms with Crippen molar-refractivity contribution in [2.45, 2.75) is 18.4 Å². The highest BCUT2D eigenvalue weighted by Gasteiger charge is 2.15. The number of thiazole rings is 1. The third-order valence-electron chi connectivity index (χ3n) is 3.59. The second kappa shape index (κ2) is 7.43. The van der Waals surface area contributed by atoms with Crippen LogP contribution in [-0.2, 0) is 16.6 Å². The summed E-state index contributed by atoms with van der Waals surface area (Å²) >= 11 is 1.24. The van der Waals surface area contributed by atoms with E-state index >= 15 is 0 Å². The van der Waals surface area contributed by atoms with Gasteiger partial charge in [0.1, 0.15) is 11.6 Å². The summed E-state index contributed by atoms with van der Waals surface area (Å²) in [6.07, 6.45) is 1.67. The van der Waals surface area contributed by atoms with Crippen molar-refractivity contribution in [3.05, 3.63) is 65.7 Å². The summed E-state index contributed by atoms with van der Waals surface area (Å²) in [6.45, 7) is 6.57. The maximum atomic E-state index is 13.1. The molecule has 0 saturated heterocycles. The van der Waals surface area contributed by atoms with Crippen LogP contribution in [0.15, 0.2) is 64.4 Å². The number of ether oxygens (including phenoxy) is 1. The van der Waals surface area contributed by atoms with Crippen molar-refractivity contribution in [3.63, 3.8) is 0 Å². The normalized spacial score (nSPS) is 12.5. The van der Waals surface area contributed by atoms with Gasteiger partial charge in [-0.3, -0.25) is 0 Å². The van der Waals surface area contributed by atoms with Crippen molar-refractivity contribution in [2.75, 3.05) is 6.61 Å². The van der Waals surface area contributed by atoms with Crippen molar-refractivity contribution < 1.29 is 17.5 Å². The number of benzene rings is 2. The lowest BCUT2D eigenvalue weighted by atomic mass is 10.3. The first-order valence-corrected chi connectivity index (χ1v) is 10.1. The Morgan fingerprint density at radius 3 is 2.65 bits per heavy atom. The van der Waals surface area contributed by atoms with Gasteiger partial charge in [-0.1, -0.05) is 17.4 Å². The number of sulfonamides is 1. The van der Waals surface area contributed by atoms with Crippen LogP contribution in [0.4, 0.5) is 4.39 Å². The molecule has 3 aromatic rings. The first-order chi connectivity index (χ1) is 12.4. The smallest absolute Gasteiger partial charge is 0.285 e. The van der Waals surface area contributed by atoms with E-state index in [0.29, 0.717) is 23.7 Å². The molecule has 2 aromatic carbocycles. The molecular weight excluding hydrogens is 375 g/mol. The Balaban J connectivity index is 2.18. The van der Waals surface area contributed by atoms with Gasteiger partial charge in [0, 0.05) is 6.54 Å². The summed E-state index contributed by atoms with van der Waals surface area (Å²) in [4.78, 5) is 0.259. The number of fused-ring (bicyclic) bond motifs is 1. The number of halogens is 1. The Kier molecular flexibility index (Phi) is 5.24. The average molecular weight is 392 g/mol. The van der Waals surface area contributed by atoms with E-state index in [1.165, 1.54) is 23.5 Å². The van der Waals surface area contributed by atoms with E-state index in [2.05, 4.69) is 11.0 Å². The molecule has 0 N–H and O–H groups in total. The summed E-state index contributed by atoms with van der Waals surface area (Å²) in [5.41, 5.74) is 0.839. The Morgan fingerprint density at radius 1 is 1.27 bits per heavy atom. The van der Waals surface area contributed by atoms with Gasteiger partial charge in [0.05, 0.1) is 21.7 Å². The van der Waals surface area contributed by atoms with Crippen LogP contribution in [0.5, 0.6) is 5.75 Å². The highest BCUT2D eigenvalue weighted by molar-refractivity contribution is 7.90. The molecule has 136 valence electrons. The molecule has 26 heavy (non-hydrogen) atoms. The zero-order valence-electron chi connectivity index (χ0n) is 14.1. The quantitative estimate of drug-likeness (QED) is 0.601. The van der Waals surface area contributed by atoms with Gasteiger partial charge in [-0.15, -0.1) is 11.0 Å². The van der Waals surface area contributed by atoms with Crippen LogP contribution >= 0.6 is 11.3 Å². The van der Waals surface area contributed by atoms with E-state index in [1.54, 1.807) is 10.6 Å². The van der Waals surface area contributed by atoms with Gasteiger partial charge >= 0.3 is 0 Å². The largest absolute Gasteiger partial charge is 0.494 e. The van der Waals surface area contributed by atoms with Crippen LogP contribution in [0.2, 0.25) is 0 Å². The summed E-state index contributed by atoms with van der Waals surface area (Å²) in [7, 11) is -3.96. The highest BCUT2D eigenvalue weighted by atomic mass is 32.2. The molecule has 0 aliphatic rings. The SMILES string of the molecule is C=CCn1/c(=N/S(=O)(=O)c2ccc(F)cc2)sc2cc(OCC)ccc21. The Hall–Kier alpha value is -2.45. The zero-order chi connectivity index (χ0) is 18.7. The topological polar surface area (TPSA) is 60.7 Å². The van der Waals surface area contributed by atoms with Crippen molar-refractivity contribution in [1.29, 1.82) is 0 Å². The molecular formula is C18H17FN2O3S2. The number of allylic oxidation sites excluding steroid dienone is 1. The van der Waals surface area contributed by atoms with E-state index in [9.17, 15) is 12.8 Å². The number of hydrogen-bond acceptors (Lipinski definition) is 4. The summed E-state index contributed by atoms with van der Waals surface area (Å²) < 4.78 is 50.3. The van der Waals surface area contributed by atoms with Crippen molar-refractivity contribution in [2.24, 2.45) is 4.40 Å². The third-order valence-corrected chi connectivity index (χ3v) is 6.02. The molecule has 1 aromatic heterocycles. The highest BCUT2D eigenvalue weighted by Crippen LogP contribution is 2.24. The third kappa shape index (κ3) is 3.71. The van der Waals surface area contributed by atoms with Gasteiger partial charge in [-0.2, -0.15) is 8.42 Å². The molecule has 0 spiro atoms. The van der Waals surface area contributed by atoms with Gasteiger partial charge in [0.15, 0.2) is 0 Å². The van der Waals surface area contributed by atoms with E-state index in [1.807, 2.05) is 25.1 Å². The van der Waals surface area contributed by atoms with Gasteiger partial charge in [0.25, 0.3) is 10.0 Å². The minimum atomic E-state index is -3.96. The van der Waals surface area contributed by atoms with Crippen LogP contribution < -0.4 is 9.54 Å². The molecule has 0 amide bonds. The number of aromatic nitrogens is 1.